The predicted molar refractivity (Wildman–Crippen MR) is 140 cm³/mol. The molecule has 1 spiro atoms. The Kier molecular flexibility index (Phi) is 5.49. The van der Waals surface area contributed by atoms with Crippen LogP contribution in [0.1, 0.15) is 43.3 Å². The molecule has 0 aliphatic heterocycles. The number of aliphatic hydroxyl groups excluding tert-OH is 2. The van der Waals surface area contributed by atoms with Crippen LogP contribution in [0.5, 0.6) is 0 Å². The summed E-state index contributed by atoms with van der Waals surface area (Å²) in [4.78, 5) is 28.2. The number of aliphatic hydroxyl groups is 3. The molecule has 1 heterocycles. The normalized spacial score (nSPS) is 37.5. The monoisotopic (exact) mass is 520 g/mol. The van der Waals surface area contributed by atoms with Crippen LogP contribution < -0.4 is 0 Å². The van der Waals surface area contributed by atoms with Gasteiger partial charge in [-0.3, -0.25) is 4.79 Å². The average molecular weight is 521 g/mol. The minimum Gasteiger partial charge on any atom is -0.450 e. The minimum absolute atomic E-state index is 0.0251. The zero-order chi connectivity index (χ0) is 26.3. The molecule has 37 heavy (non-hydrogen) atoms. The molecule has 7 heteroatoms. The molecule has 2 fully saturated rings. The highest BCUT2D eigenvalue weighted by molar-refractivity contribution is 7.12. The molecule has 2 aromatic rings. The highest BCUT2D eigenvalue weighted by atomic mass is 32.1. The fraction of sp³-hybridized carbons (Fsp3) is 0.467. The van der Waals surface area contributed by atoms with E-state index in [9.17, 15) is 24.9 Å². The van der Waals surface area contributed by atoms with Crippen LogP contribution in [0.2, 0.25) is 0 Å². The molecule has 7 unspecified atom stereocenters. The summed E-state index contributed by atoms with van der Waals surface area (Å²) in [5, 5.41) is 36.0. The third kappa shape index (κ3) is 3.21. The van der Waals surface area contributed by atoms with Gasteiger partial charge < -0.3 is 20.1 Å². The average Bonchev–Trinajstić information content (AvgIpc) is 3.17. The first kappa shape index (κ1) is 24.7. The number of Topliss-reactive ketones (excluding diaryl/α,β-unsaturated/α-hetero) is 1. The van der Waals surface area contributed by atoms with Gasteiger partial charge in [0.15, 0.2) is 17.5 Å². The number of hydrogen-bond acceptors (Lipinski definition) is 7. The Labute approximate surface area is 220 Å². The summed E-state index contributed by atoms with van der Waals surface area (Å²) in [5.41, 5.74) is -1.21. The zero-order valence-corrected chi connectivity index (χ0v) is 22.0. The summed E-state index contributed by atoms with van der Waals surface area (Å²) in [6.07, 6.45) is 1.70. The largest absolute Gasteiger partial charge is 0.450 e. The van der Waals surface area contributed by atoms with Crippen molar-refractivity contribution in [3.8, 4) is 11.1 Å². The van der Waals surface area contributed by atoms with Crippen LogP contribution in [-0.2, 0) is 9.53 Å². The van der Waals surface area contributed by atoms with Crippen LogP contribution in [-0.4, -0.2) is 51.5 Å². The van der Waals surface area contributed by atoms with E-state index in [0.717, 1.165) is 17.5 Å². The number of carbonyl (C=O) groups is 2. The fourth-order valence-corrected chi connectivity index (χ4v) is 8.48. The first-order valence-electron chi connectivity index (χ1n) is 12.9. The van der Waals surface area contributed by atoms with Crippen molar-refractivity contribution >= 4 is 23.1 Å². The standard InChI is InChI=1S/C30H32O6S/c1-16-14-29-11-9-21-22(28(21,2)3)20(25(29)33)13-18(15-31)24(32)30(29,35)26(16)36-27(34)23-19(10-12-37-23)17-7-5-4-6-8-17/h4-8,10,12-14,20-22,24,26,31-32,35H,9,11,15H2,1-3H3. The smallest absolute Gasteiger partial charge is 0.349 e. The second kappa shape index (κ2) is 8.21. The van der Waals surface area contributed by atoms with Crippen molar-refractivity contribution in [3.63, 3.8) is 0 Å². The summed E-state index contributed by atoms with van der Waals surface area (Å²) < 4.78 is 6.01. The number of allylic oxidation sites excluding steroid dienone is 1. The van der Waals surface area contributed by atoms with Crippen LogP contribution in [0, 0.1) is 28.6 Å². The number of rotatable bonds is 4. The number of thiophene rings is 1. The number of ketones is 1. The van der Waals surface area contributed by atoms with Gasteiger partial charge in [0.1, 0.15) is 11.0 Å². The fourth-order valence-electron chi connectivity index (χ4n) is 7.69. The van der Waals surface area contributed by atoms with Crippen LogP contribution in [0.4, 0.5) is 0 Å². The zero-order valence-electron chi connectivity index (χ0n) is 21.2. The van der Waals surface area contributed by atoms with Crippen molar-refractivity contribution in [3.05, 3.63) is 70.0 Å². The summed E-state index contributed by atoms with van der Waals surface area (Å²) in [6, 6.07) is 11.4. The molecule has 1 aromatic carbocycles. The molecule has 6 rings (SSSR count). The number of fused-ring (bicyclic) bond motifs is 3. The van der Waals surface area contributed by atoms with Crippen molar-refractivity contribution in [2.24, 2.45) is 28.6 Å². The lowest BCUT2D eigenvalue weighted by atomic mass is 9.63. The Hall–Kier alpha value is -2.58. The Morgan fingerprint density at radius 2 is 1.92 bits per heavy atom. The molecule has 0 amide bonds. The predicted octanol–water partition coefficient (Wildman–Crippen LogP) is 4.16. The van der Waals surface area contributed by atoms with Gasteiger partial charge in [-0.2, -0.15) is 0 Å². The maximum atomic E-state index is 14.3. The number of esters is 1. The van der Waals surface area contributed by atoms with E-state index in [0.29, 0.717) is 22.8 Å². The van der Waals surface area contributed by atoms with E-state index in [1.165, 1.54) is 11.3 Å². The molecule has 1 aromatic heterocycles. The molecule has 4 aliphatic carbocycles. The summed E-state index contributed by atoms with van der Waals surface area (Å²) in [7, 11) is 0. The quantitative estimate of drug-likeness (QED) is 0.413. The first-order valence-corrected chi connectivity index (χ1v) is 13.8. The van der Waals surface area contributed by atoms with Gasteiger partial charge in [-0.1, -0.05) is 56.3 Å². The number of benzene rings is 1. The summed E-state index contributed by atoms with van der Waals surface area (Å²) >= 11 is 1.25. The van der Waals surface area contributed by atoms with Crippen molar-refractivity contribution < 1.29 is 29.6 Å². The van der Waals surface area contributed by atoms with Gasteiger partial charge in [0.2, 0.25) is 0 Å². The van der Waals surface area contributed by atoms with Crippen molar-refractivity contribution in [2.75, 3.05) is 6.61 Å². The van der Waals surface area contributed by atoms with Crippen LogP contribution >= 0.6 is 11.3 Å². The second-order valence-electron chi connectivity index (χ2n) is 11.7. The van der Waals surface area contributed by atoms with E-state index in [2.05, 4.69) is 13.8 Å². The second-order valence-corrected chi connectivity index (χ2v) is 12.6. The van der Waals surface area contributed by atoms with E-state index in [-0.39, 0.29) is 22.7 Å². The lowest BCUT2D eigenvalue weighted by molar-refractivity contribution is -0.181. The third-order valence-corrected chi connectivity index (χ3v) is 10.5. The minimum atomic E-state index is -2.11. The van der Waals surface area contributed by atoms with Crippen molar-refractivity contribution in [2.45, 2.75) is 51.4 Å². The molecule has 0 saturated heterocycles. The van der Waals surface area contributed by atoms with Gasteiger partial charge in [0, 0.05) is 11.5 Å². The summed E-state index contributed by atoms with van der Waals surface area (Å²) in [5.74, 6) is -0.898. The van der Waals surface area contributed by atoms with Crippen molar-refractivity contribution in [1.29, 1.82) is 0 Å². The van der Waals surface area contributed by atoms with E-state index < -0.39 is 41.7 Å². The summed E-state index contributed by atoms with van der Waals surface area (Å²) in [6.45, 7) is 5.54. The highest BCUT2D eigenvalue weighted by Gasteiger charge is 2.74. The number of carbonyl (C=O) groups excluding carboxylic acids is 2. The number of ether oxygens (including phenoxy) is 1. The topological polar surface area (TPSA) is 104 Å². The van der Waals surface area contributed by atoms with E-state index >= 15 is 0 Å². The first-order chi connectivity index (χ1) is 17.6. The maximum absolute atomic E-state index is 14.3. The Balaban J connectivity index is 1.41. The van der Waals surface area contributed by atoms with Gasteiger partial charge in [-0.25, -0.2) is 4.79 Å². The van der Waals surface area contributed by atoms with Gasteiger partial charge in [0.05, 0.1) is 12.0 Å². The van der Waals surface area contributed by atoms with Crippen molar-refractivity contribution in [1.82, 2.24) is 0 Å². The molecule has 0 radical (unpaired) electrons. The third-order valence-electron chi connectivity index (χ3n) is 9.62. The SMILES string of the molecule is CC1=CC23CCC4C(C(C=C(CO)C(O)C2(O)C1OC(=O)c1sccc1-c1ccccc1)C3=O)C4(C)C. The van der Waals surface area contributed by atoms with Crippen LogP contribution in [0.3, 0.4) is 0 Å². The van der Waals surface area contributed by atoms with E-state index in [1.54, 1.807) is 19.1 Å². The lowest BCUT2D eigenvalue weighted by Gasteiger charge is -2.46. The molecule has 7 atom stereocenters. The van der Waals surface area contributed by atoms with E-state index in [1.807, 2.05) is 41.8 Å². The van der Waals surface area contributed by atoms with Gasteiger partial charge in [-0.15, -0.1) is 11.3 Å². The van der Waals surface area contributed by atoms with Crippen LogP contribution in [0.25, 0.3) is 11.1 Å². The van der Waals surface area contributed by atoms with Crippen LogP contribution in [0.15, 0.2) is 65.1 Å². The maximum Gasteiger partial charge on any atom is 0.349 e. The van der Waals surface area contributed by atoms with Gasteiger partial charge >= 0.3 is 5.97 Å². The molecule has 2 bridgehead atoms. The Morgan fingerprint density at radius 3 is 2.62 bits per heavy atom. The molecule has 3 N–H and O–H groups in total. The highest BCUT2D eigenvalue weighted by Crippen LogP contribution is 2.70. The molecular formula is C30H32O6S. The number of hydrogen-bond donors (Lipinski definition) is 3. The lowest BCUT2D eigenvalue weighted by Crippen LogP contribution is -2.63. The van der Waals surface area contributed by atoms with Gasteiger partial charge in [-0.05, 0) is 65.2 Å². The Bertz CT molecular complexity index is 1340. The Morgan fingerprint density at radius 1 is 1.19 bits per heavy atom. The molecular weight excluding hydrogens is 488 g/mol. The molecule has 4 aliphatic rings. The molecule has 2 saturated carbocycles. The molecule has 194 valence electrons. The molecule has 6 nitrogen and oxygen atoms in total. The van der Waals surface area contributed by atoms with E-state index in [4.69, 9.17) is 4.74 Å². The van der Waals surface area contributed by atoms with Gasteiger partial charge in [0.25, 0.3) is 0 Å².